The first kappa shape index (κ1) is 18.4. The van der Waals surface area contributed by atoms with E-state index in [1.807, 2.05) is 0 Å². The van der Waals surface area contributed by atoms with Crippen molar-refractivity contribution >= 4 is 5.91 Å². The van der Waals surface area contributed by atoms with Crippen molar-refractivity contribution in [2.45, 2.75) is 39.0 Å². The van der Waals surface area contributed by atoms with Gasteiger partial charge in [0.25, 0.3) is 5.91 Å². The molecular formula is C21H25FN2O2. The van der Waals surface area contributed by atoms with Crippen molar-refractivity contribution in [1.29, 1.82) is 0 Å². The van der Waals surface area contributed by atoms with Crippen molar-refractivity contribution in [3.8, 4) is 5.75 Å². The van der Waals surface area contributed by atoms with Crippen LogP contribution in [0, 0.1) is 5.82 Å². The Balaban J connectivity index is 1.45. The van der Waals surface area contributed by atoms with E-state index in [0.29, 0.717) is 12.3 Å². The fourth-order valence-electron chi connectivity index (χ4n) is 3.07. The maximum absolute atomic E-state index is 12.9. The highest BCUT2D eigenvalue weighted by Gasteiger charge is 2.15. The van der Waals surface area contributed by atoms with Crippen LogP contribution in [0.1, 0.15) is 30.9 Å². The Labute approximate surface area is 154 Å². The number of benzene rings is 2. The summed E-state index contributed by atoms with van der Waals surface area (Å²) < 4.78 is 18.4. The highest BCUT2D eigenvalue weighted by atomic mass is 19.1. The molecule has 0 spiro atoms. The van der Waals surface area contributed by atoms with Crippen molar-refractivity contribution < 1.29 is 13.9 Å². The Morgan fingerprint density at radius 2 is 1.69 bits per heavy atom. The summed E-state index contributed by atoms with van der Waals surface area (Å²) in [5.74, 6) is -0.0570. The van der Waals surface area contributed by atoms with E-state index in [2.05, 4.69) is 34.5 Å². The second-order valence-corrected chi connectivity index (χ2v) is 6.73. The molecule has 1 heterocycles. The van der Waals surface area contributed by atoms with Gasteiger partial charge in [-0.15, -0.1) is 0 Å². The number of carbonyl (C=O) groups excluding carboxylic acids is 1. The van der Waals surface area contributed by atoms with Gasteiger partial charge in [0.05, 0.1) is 0 Å². The lowest BCUT2D eigenvalue weighted by atomic mass is 10.1. The quantitative estimate of drug-likeness (QED) is 0.825. The van der Waals surface area contributed by atoms with E-state index in [1.54, 1.807) is 6.92 Å². The Hall–Kier alpha value is -2.40. The van der Waals surface area contributed by atoms with Crippen molar-refractivity contribution in [3.05, 3.63) is 65.5 Å². The number of nitrogens with zero attached hydrogens (tertiary/aromatic N) is 1. The summed E-state index contributed by atoms with van der Waals surface area (Å²) in [6.07, 6.45) is 1.94. The van der Waals surface area contributed by atoms with Gasteiger partial charge in [0.1, 0.15) is 11.6 Å². The second kappa shape index (κ2) is 8.81. The molecule has 1 saturated heterocycles. The van der Waals surface area contributed by atoms with Crippen molar-refractivity contribution in [2.75, 3.05) is 13.1 Å². The number of nitrogens with one attached hydrogen (secondary N) is 1. The number of amides is 1. The number of hydrogen-bond donors (Lipinski definition) is 1. The zero-order valence-electron chi connectivity index (χ0n) is 15.1. The largest absolute Gasteiger partial charge is 0.481 e. The van der Waals surface area contributed by atoms with Crippen molar-refractivity contribution in [1.82, 2.24) is 10.2 Å². The predicted octanol–water partition coefficient (Wildman–Crippen LogP) is 3.51. The smallest absolute Gasteiger partial charge is 0.261 e. The van der Waals surface area contributed by atoms with Crippen LogP contribution in [-0.2, 0) is 17.9 Å². The highest BCUT2D eigenvalue weighted by molar-refractivity contribution is 5.80. The molecule has 0 aromatic heterocycles. The molecule has 3 rings (SSSR count). The van der Waals surface area contributed by atoms with E-state index in [0.717, 1.165) is 12.1 Å². The lowest BCUT2D eigenvalue weighted by molar-refractivity contribution is -0.127. The molecule has 4 nitrogen and oxygen atoms in total. The molecule has 138 valence electrons. The first-order valence-electron chi connectivity index (χ1n) is 9.10. The van der Waals surface area contributed by atoms with Crippen LogP contribution in [0.15, 0.2) is 48.5 Å². The molecule has 0 bridgehead atoms. The summed E-state index contributed by atoms with van der Waals surface area (Å²) in [7, 11) is 0. The third kappa shape index (κ3) is 5.30. The van der Waals surface area contributed by atoms with Crippen LogP contribution >= 0.6 is 0 Å². The van der Waals surface area contributed by atoms with E-state index in [-0.39, 0.29) is 11.7 Å². The molecule has 1 amide bonds. The first-order valence-corrected chi connectivity index (χ1v) is 9.10. The molecule has 5 heteroatoms. The Morgan fingerprint density at radius 3 is 2.35 bits per heavy atom. The van der Waals surface area contributed by atoms with Crippen LogP contribution in [0.25, 0.3) is 0 Å². The first-order chi connectivity index (χ1) is 12.6. The summed E-state index contributed by atoms with van der Waals surface area (Å²) in [4.78, 5) is 14.6. The maximum atomic E-state index is 12.9. The zero-order chi connectivity index (χ0) is 18.4. The van der Waals surface area contributed by atoms with E-state index in [4.69, 9.17) is 4.74 Å². The lowest BCUT2D eigenvalue weighted by Gasteiger charge is -2.16. The van der Waals surface area contributed by atoms with Gasteiger partial charge < -0.3 is 10.1 Å². The van der Waals surface area contributed by atoms with Gasteiger partial charge in [-0.3, -0.25) is 9.69 Å². The van der Waals surface area contributed by atoms with Gasteiger partial charge in [-0.1, -0.05) is 24.3 Å². The van der Waals surface area contributed by atoms with Crippen molar-refractivity contribution in [3.63, 3.8) is 0 Å². The molecular weight excluding hydrogens is 331 g/mol. The molecule has 1 N–H and O–H groups in total. The molecule has 0 radical (unpaired) electrons. The molecule has 2 aromatic carbocycles. The van der Waals surface area contributed by atoms with Crippen LogP contribution in [0.2, 0.25) is 0 Å². The van der Waals surface area contributed by atoms with Crippen LogP contribution in [-0.4, -0.2) is 30.0 Å². The summed E-state index contributed by atoms with van der Waals surface area (Å²) in [5.41, 5.74) is 2.35. The van der Waals surface area contributed by atoms with Crippen LogP contribution in [0.4, 0.5) is 4.39 Å². The number of halogens is 1. The van der Waals surface area contributed by atoms with E-state index in [9.17, 15) is 9.18 Å². The number of hydrogen-bond acceptors (Lipinski definition) is 3. The minimum atomic E-state index is -0.644. The molecule has 1 fully saturated rings. The van der Waals surface area contributed by atoms with Gasteiger partial charge in [-0.05, 0) is 68.2 Å². The van der Waals surface area contributed by atoms with Crippen LogP contribution in [0.3, 0.4) is 0 Å². The Kier molecular flexibility index (Phi) is 6.23. The highest BCUT2D eigenvalue weighted by Crippen LogP contribution is 2.14. The Bertz CT molecular complexity index is 710. The van der Waals surface area contributed by atoms with Gasteiger partial charge in [-0.2, -0.15) is 0 Å². The monoisotopic (exact) mass is 356 g/mol. The van der Waals surface area contributed by atoms with Crippen molar-refractivity contribution in [2.24, 2.45) is 0 Å². The molecule has 26 heavy (non-hydrogen) atoms. The average Bonchev–Trinajstić information content (AvgIpc) is 3.16. The summed E-state index contributed by atoms with van der Waals surface area (Å²) in [5, 5.41) is 2.87. The third-order valence-corrected chi connectivity index (χ3v) is 4.59. The zero-order valence-corrected chi connectivity index (χ0v) is 15.1. The minimum absolute atomic E-state index is 0.199. The van der Waals surface area contributed by atoms with Gasteiger partial charge in [0.15, 0.2) is 6.10 Å². The number of ether oxygens (including phenoxy) is 1. The average molecular weight is 356 g/mol. The molecule has 1 aliphatic heterocycles. The lowest BCUT2D eigenvalue weighted by Crippen LogP contribution is -2.35. The maximum Gasteiger partial charge on any atom is 0.261 e. The predicted molar refractivity (Wildman–Crippen MR) is 99.3 cm³/mol. The molecule has 0 unspecified atom stereocenters. The number of rotatable bonds is 7. The molecule has 0 aliphatic carbocycles. The van der Waals surface area contributed by atoms with Gasteiger partial charge in [0, 0.05) is 13.1 Å². The summed E-state index contributed by atoms with van der Waals surface area (Å²) >= 11 is 0. The molecule has 1 aliphatic rings. The molecule has 0 saturated carbocycles. The third-order valence-electron chi connectivity index (χ3n) is 4.59. The van der Waals surface area contributed by atoms with Crippen LogP contribution < -0.4 is 10.1 Å². The Morgan fingerprint density at radius 1 is 1.08 bits per heavy atom. The summed E-state index contributed by atoms with van der Waals surface area (Å²) in [6, 6.07) is 14.0. The fraction of sp³-hybridized carbons (Fsp3) is 0.381. The topological polar surface area (TPSA) is 41.6 Å². The van der Waals surface area contributed by atoms with Gasteiger partial charge >= 0.3 is 0 Å². The van der Waals surface area contributed by atoms with E-state index < -0.39 is 6.10 Å². The van der Waals surface area contributed by atoms with E-state index in [1.165, 1.54) is 55.8 Å². The number of carbonyl (C=O) groups is 1. The standard InChI is InChI=1S/C21H25FN2O2/c1-16(26-20-10-8-19(22)9-11-20)21(25)23-14-17-4-6-18(7-5-17)15-24-12-2-3-13-24/h4-11,16H,2-3,12-15H2,1H3,(H,23,25)/t16-/m1/s1. The SMILES string of the molecule is C[C@@H](Oc1ccc(F)cc1)C(=O)NCc1ccc(CN2CCCC2)cc1. The minimum Gasteiger partial charge on any atom is -0.481 e. The van der Waals surface area contributed by atoms with E-state index >= 15 is 0 Å². The molecule has 2 aromatic rings. The van der Waals surface area contributed by atoms with Gasteiger partial charge in [-0.25, -0.2) is 4.39 Å². The van der Waals surface area contributed by atoms with Gasteiger partial charge in [0.2, 0.25) is 0 Å². The fourth-order valence-corrected chi connectivity index (χ4v) is 3.07. The summed E-state index contributed by atoms with van der Waals surface area (Å²) in [6.45, 7) is 5.50. The van der Waals surface area contributed by atoms with Crippen LogP contribution in [0.5, 0.6) is 5.75 Å². The number of likely N-dealkylation sites (tertiary alicyclic amines) is 1. The second-order valence-electron chi connectivity index (χ2n) is 6.73. The molecule has 1 atom stereocenters. The normalized spacial score (nSPS) is 15.6.